The number of carbonyl (C=O) groups excluding carboxylic acids is 1. The largest absolute Gasteiger partial charge is 0.421 e. The van der Waals surface area contributed by atoms with Crippen molar-refractivity contribution in [3.8, 4) is 5.75 Å². The summed E-state index contributed by atoms with van der Waals surface area (Å²) in [6.45, 7) is 1.97. The predicted molar refractivity (Wildman–Crippen MR) is 54.7 cm³/mol. The number of nitrogens with zero attached hydrogens (tertiary/aromatic N) is 1. The van der Waals surface area contributed by atoms with Crippen LogP contribution in [-0.4, -0.2) is 15.9 Å². The molecule has 1 heterocycles. The van der Waals surface area contributed by atoms with Gasteiger partial charge in [-0.3, -0.25) is 0 Å². The van der Waals surface area contributed by atoms with Gasteiger partial charge >= 0.3 is 5.97 Å². The number of aryl methyl sites for hydroxylation is 1. The SMILES string of the molecule is Cc1ccc(OC(=O)c2ncc[nH]2)cc1. The number of aromatic nitrogens is 2. The molecular formula is C11H10N2O2. The van der Waals surface area contributed by atoms with Crippen LogP contribution in [0, 0.1) is 6.92 Å². The van der Waals surface area contributed by atoms with Crippen molar-refractivity contribution < 1.29 is 9.53 Å². The van der Waals surface area contributed by atoms with Crippen molar-refractivity contribution in [2.45, 2.75) is 6.92 Å². The number of H-pyrrole nitrogens is 1. The number of ether oxygens (including phenoxy) is 1. The van der Waals surface area contributed by atoms with Gasteiger partial charge in [-0.05, 0) is 19.1 Å². The van der Waals surface area contributed by atoms with Crippen molar-refractivity contribution >= 4 is 5.97 Å². The lowest BCUT2D eigenvalue weighted by atomic mass is 10.2. The molecule has 1 N–H and O–H groups in total. The second kappa shape index (κ2) is 3.96. The molecular weight excluding hydrogens is 192 g/mol. The zero-order valence-electron chi connectivity index (χ0n) is 8.23. The van der Waals surface area contributed by atoms with Gasteiger partial charge in [0.2, 0.25) is 5.82 Å². The Bertz CT molecular complexity index is 446. The molecule has 76 valence electrons. The molecule has 1 aromatic carbocycles. The Hall–Kier alpha value is -2.10. The summed E-state index contributed by atoms with van der Waals surface area (Å²) in [5.41, 5.74) is 1.12. The van der Waals surface area contributed by atoms with Crippen LogP contribution in [0.3, 0.4) is 0 Å². The predicted octanol–water partition coefficient (Wildman–Crippen LogP) is 1.94. The van der Waals surface area contributed by atoms with E-state index in [2.05, 4.69) is 9.97 Å². The van der Waals surface area contributed by atoms with Crippen molar-refractivity contribution in [1.29, 1.82) is 0 Å². The van der Waals surface area contributed by atoms with Gasteiger partial charge in [-0.2, -0.15) is 0 Å². The van der Waals surface area contributed by atoms with Crippen molar-refractivity contribution in [2.75, 3.05) is 0 Å². The summed E-state index contributed by atoms with van der Waals surface area (Å²) in [5.74, 6) is 0.237. The molecule has 0 saturated heterocycles. The van der Waals surface area contributed by atoms with E-state index in [1.165, 1.54) is 6.20 Å². The smallest absolute Gasteiger partial charge is 0.379 e. The molecule has 2 rings (SSSR count). The van der Waals surface area contributed by atoms with Gasteiger partial charge in [0.15, 0.2) is 0 Å². The summed E-state index contributed by atoms with van der Waals surface area (Å²) in [5, 5.41) is 0. The van der Waals surface area contributed by atoms with Gasteiger partial charge in [-0.15, -0.1) is 0 Å². The monoisotopic (exact) mass is 202 g/mol. The Labute approximate surface area is 86.9 Å². The van der Waals surface area contributed by atoms with E-state index in [4.69, 9.17) is 4.74 Å². The van der Waals surface area contributed by atoms with E-state index < -0.39 is 5.97 Å². The zero-order chi connectivity index (χ0) is 10.7. The van der Waals surface area contributed by atoms with Crippen molar-refractivity contribution in [2.24, 2.45) is 0 Å². The fourth-order valence-corrected chi connectivity index (χ4v) is 1.14. The first-order valence-electron chi connectivity index (χ1n) is 4.54. The Balaban J connectivity index is 2.09. The number of nitrogens with one attached hydrogen (secondary N) is 1. The number of aromatic amines is 1. The van der Waals surface area contributed by atoms with Gasteiger partial charge in [0.1, 0.15) is 5.75 Å². The third kappa shape index (κ3) is 2.22. The number of benzene rings is 1. The quantitative estimate of drug-likeness (QED) is 0.598. The second-order valence-electron chi connectivity index (χ2n) is 3.14. The van der Waals surface area contributed by atoms with Gasteiger partial charge in [-0.25, -0.2) is 9.78 Å². The lowest BCUT2D eigenvalue weighted by Gasteiger charge is -2.01. The van der Waals surface area contributed by atoms with Crippen LogP contribution < -0.4 is 4.74 Å². The summed E-state index contributed by atoms with van der Waals surface area (Å²) < 4.78 is 5.08. The summed E-state index contributed by atoms with van der Waals surface area (Å²) >= 11 is 0. The highest BCUT2D eigenvalue weighted by Crippen LogP contribution is 2.12. The van der Waals surface area contributed by atoms with Crippen LogP contribution in [0.1, 0.15) is 16.2 Å². The Morgan fingerprint density at radius 2 is 2.07 bits per heavy atom. The van der Waals surface area contributed by atoms with Crippen LogP contribution in [0.2, 0.25) is 0 Å². The third-order valence-corrected chi connectivity index (χ3v) is 1.92. The van der Waals surface area contributed by atoms with Crippen LogP contribution in [0.25, 0.3) is 0 Å². The number of hydrogen-bond acceptors (Lipinski definition) is 3. The standard InChI is InChI=1S/C11H10N2O2/c1-8-2-4-9(5-3-8)15-11(14)10-12-6-7-13-10/h2-7H,1H3,(H,12,13). The second-order valence-corrected chi connectivity index (χ2v) is 3.14. The fraction of sp³-hybridized carbons (Fsp3) is 0.0909. The van der Waals surface area contributed by atoms with Crippen LogP contribution in [0.15, 0.2) is 36.7 Å². The number of esters is 1. The minimum atomic E-state index is -0.483. The van der Waals surface area contributed by atoms with E-state index in [0.717, 1.165) is 5.56 Å². The Morgan fingerprint density at radius 1 is 1.33 bits per heavy atom. The minimum Gasteiger partial charge on any atom is -0.421 e. The Morgan fingerprint density at radius 3 is 2.67 bits per heavy atom. The number of imidazole rings is 1. The average Bonchev–Trinajstić information content (AvgIpc) is 2.74. The topological polar surface area (TPSA) is 55.0 Å². The molecule has 0 radical (unpaired) electrons. The van der Waals surface area contributed by atoms with E-state index in [0.29, 0.717) is 5.75 Å². The first kappa shape index (κ1) is 9.45. The van der Waals surface area contributed by atoms with E-state index in [1.54, 1.807) is 18.3 Å². The maximum atomic E-state index is 11.4. The van der Waals surface area contributed by atoms with Gasteiger partial charge in [-0.1, -0.05) is 17.7 Å². The maximum absolute atomic E-state index is 11.4. The third-order valence-electron chi connectivity index (χ3n) is 1.92. The van der Waals surface area contributed by atoms with E-state index in [-0.39, 0.29) is 5.82 Å². The first-order valence-corrected chi connectivity index (χ1v) is 4.54. The zero-order valence-corrected chi connectivity index (χ0v) is 8.23. The molecule has 4 nitrogen and oxygen atoms in total. The summed E-state index contributed by atoms with van der Waals surface area (Å²) in [7, 11) is 0. The van der Waals surface area contributed by atoms with Crippen LogP contribution in [0.4, 0.5) is 0 Å². The Kier molecular flexibility index (Phi) is 2.49. The van der Waals surface area contributed by atoms with Gasteiger partial charge in [0.05, 0.1) is 0 Å². The van der Waals surface area contributed by atoms with E-state index >= 15 is 0 Å². The lowest BCUT2D eigenvalue weighted by molar-refractivity contribution is 0.0723. The molecule has 4 heteroatoms. The molecule has 1 aromatic heterocycles. The molecule has 0 spiro atoms. The molecule has 0 unspecified atom stereocenters. The number of carbonyl (C=O) groups is 1. The highest BCUT2D eigenvalue weighted by molar-refractivity contribution is 5.86. The molecule has 0 fully saturated rings. The maximum Gasteiger partial charge on any atom is 0.379 e. The molecule has 0 bridgehead atoms. The normalized spacial score (nSPS) is 9.93. The van der Waals surface area contributed by atoms with Gasteiger partial charge < -0.3 is 9.72 Å². The van der Waals surface area contributed by atoms with Crippen molar-refractivity contribution in [3.05, 3.63) is 48.0 Å². The van der Waals surface area contributed by atoms with Crippen LogP contribution >= 0.6 is 0 Å². The fourth-order valence-electron chi connectivity index (χ4n) is 1.14. The van der Waals surface area contributed by atoms with Gasteiger partial charge in [0.25, 0.3) is 0 Å². The number of rotatable bonds is 2. The summed E-state index contributed by atoms with van der Waals surface area (Å²) in [4.78, 5) is 17.9. The number of hydrogen-bond donors (Lipinski definition) is 1. The van der Waals surface area contributed by atoms with E-state index in [1.807, 2.05) is 19.1 Å². The first-order chi connectivity index (χ1) is 7.25. The average molecular weight is 202 g/mol. The lowest BCUT2D eigenvalue weighted by Crippen LogP contribution is -2.10. The molecule has 0 saturated carbocycles. The molecule has 0 aliphatic rings. The minimum absolute atomic E-state index is 0.204. The molecule has 15 heavy (non-hydrogen) atoms. The van der Waals surface area contributed by atoms with Crippen LogP contribution in [0.5, 0.6) is 5.75 Å². The molecule has 0 amide bonds. The molecule has 2 aromatic rings. The van der Waals surface area contributed by atoms with Crippen molar-refractivity contribution in [1.82, 2.24) is 9.97 Å². The highest BCUT2D eigenvalue weighted by Gasteiger charge is 2.09. The van der Waals surface area contributed by atoms with Crippen LogP contribution in [-0.2, 0) is 0 Å². The summed E-state index contributed by atoms with van der Waals surface area (Å²) in [6.07, 6.45) is 3.08. The van der Waals surface area contributed by atoms with Crippen molar-refractivity contribution in [3.63, 3.8) is 0 Å². The highest BCUT2D eigenvalue weighted by atomic mass is 16.5. The molecule has 0 atom stereocenters. The summed E-state index contributed by atoms with van der Waals surface area (Å²) in [6, 6.07) is 7.25. The van der Waals surface area contributed by atoms with Gasteiger partial charge in [0, 0.05) is 12.4 Å². The van der Waals surface area contributed by atoms with E-state index in [9.17, 15) is 4.79 Å². The molecule has 0 aliphatic heterocycles. The molecule has 0 aliphatic carbocycles.